The normalized spacial score (nSPS) is 11.3. The smallest absolute Gasteiger partial charge is 0.241 e. The van der Waals surface area contributed by atoms with Gasteiger partial charge in [-0.15, -0.1) is 0 Å². The summed E-state index contributed by atoms with van der Waals surface area (Å²) in [5.41, 5.74) is 0.560. The van der Waals surface area contributed by atoms with Crippen molar-refractivity contribution in [1.82, 2.24) is 14.9 Å². The number of aromatic nitrogens is 2. The van der Waals surface area contributed by atoms with Crippen LogP contribution in [0, 0.1) is 6.92 Å². The Bertz CT molecular complexity index is 497. The molecule has 1 aromatic rings. The van der Waals surface area contributed by atoms with Crippen LogP contribution in [0.15, 0.2) is 0 Å². The number of hydrogen-bond acceptors (Lipinski definition) is 4. The van der Waals surface area contributed by atoms with E-state index < -0.39 is 0 Å². The average molecular weight is 299 g/mol. The molecular weight excluding hydrogens is 276 g/mol. The van der Waals surface area contributed by atoms with E-state index in [9.17, 15) is 4.79 Å². The first-order valence-electron chi connectivity index (χ1n) is 6.69. The van der Waals surface area contributed by atoms with E-state index in [1.807, 2.05) is 34.6 Å². The number of carbonyl (C=O) groups excluding carboxylic acids is 1. The van der Waals surface area contributed by atoms with Gasteiger partial charge in [0.2, 0.25) is 5.91 Å². The Labute approximate surface area is 125 Å². The van der Waals surface area contributed by atoms with Gasteiger partial charge < -0.3 is 10.2 Å². The van der Waals surface area contributed by atoms with Crippen molar-refractivity contribution in [3.8, 4) is 0 Å². The second kappa shape index (κ2) is 6.39. The molecule has 5 nitrogen and oxygen atoms in total. The largest absolute Gasteiger partial charge is 0.361 e. The second-order valence-corrected chi connectivity index (χ2v) is 6.18. The number of rotatable bonds is 4. The molecule has 1 heterocycles. The molecule has 6 heteroatoms. The molecule has 0 aliphatic carbocycles. The van der Waals surface area contributed by atoms with E-state index in [4.69, 9.17) is 11.6 Å². The third-order valence-electron chi connectivity index (χ3n) is 3.06. The van der Waals surface area contributed by atoms with Crippen LogP contribution in [0.1, 0.15) is 39.1 Å². The summed E-state index contributed by atoms with van der Waals surface area (Å²) in [5, 5.41) is 3.47. The predicted octanol–water partition coefficient (Wildman–Crippen LogP) is 2.63. The van der Waals surface area contributed by atoms with Gasteiger partial charge in [0, 0.05) is 24.6 Å². The molecule has 1 amide bonds. The summed E-state index contributed by atoms with van der Waals surface area (Å²) in [6.07, 6.45) is 0. The van der Waals surface area contributed by atoms with Crippen LogP contribution in [0.5, 0.6) is 0 Å². The molecular formula is C14H23ClN4O. The van der Waals surface area contributed by atoms with Gasteiger partial charge in [0.1, 0.15) is 16.8 Å². The summed E-state index contributed by atoms with van der Waals surface area (Å²) >= 11 is 6.14. The van der Waals surface area contributed by atoms with Crippen molar-refractivity contribution in [3.05, 3.63) is 16.5 Å². The van der Waals surface area contributed by atoms with E-state index in [0.29, 0.717) is 23.3 Å². The molecule has 0 aliphatic heterocycles. The van der Waals surface area contributed by atoms with Crippen molar-refractivity contribution >= 4 is 23.3 Å². The van der Waals surface area contributed by atoms with Crippen molar-refractivity contribution in [2.24, 2.45) is 0 Å². The maximum atomic E-state index is 11.8. The van der Waals surface area contributed by atoms with E-state index in [0.717, 1.165) is 5.56 Å². The van der Waals surface area contributed by atoms with Crippen molar-refractivity contribution < 1.29 is 4.79 Å². The Hall–Kier alpha value is -1.36. The Morgan fingerprint density at radius 3 is 2.45 bits per heavy atom. The van der Waals surface area contributed by atoms with Gasteiger partial charge in [-0.1, -0.05) is 32.4 Å². The van der Waals surface area contributed by atoms with Crippen LogP contribution in [-0.2, 0) is 10.2 Å². The van der Waals surface area contributed by atoms with Crippen LogP contribution >= 0.6 is 11.6 Å². The molecule has 0 saturated heterocycles. The van der Waals surface area contributed by atoms with Gasteiger partial charge in [-0.05, 0) is 13.8 Å². The van der Waals surface area contributed by atoms with Gasteiger partial charge in [-0.3, -0.25) is 4.79 Å². The quantitative estimate of drug-likeness (QED) is 0.868. The maximum absolute atomic E-state index is 11.8. The van der Waals surface area contributed by atoms with Crippen LogP contribution in [0.4, 0.5) is 5.82 Å². The van der Waals surface area contributed by atoms with Gasteiger partial charge in [-0.2, -0.15) is 0 Å². The molecule has 0 aliphatic rings. The molecule has 20 heavy (non-hydrogen) atoms. The number of anilines is 1. The highest BCUT2D eigenvalue weighted by molar-refractivity contribution is 6.30. The maximum Gasteiger partial charge on any atom is 0.241 e. The average Bonchev–Trinajstić information content (AvgIpc) is 2.37. The SMILES string of the molecule is CCN(C)C(=O)CNc1nc(C(C)(C)C)nc(Cl)c1C. The van der Waals surface area contributed by atoms with Gasteiger partial charge in [0.25, 0.3) is 0 Å². The Morgan fingerprint density at radius 1 is 1.35 bits per heavy atom. The molecule has 1 rings (SSSR count). The fraction of sp³-hybridized carbons (Fsp3) is 0.643. The zero-order chi connectivity index (χ0) is 15.5. The molecule has 0 unspecified atom stereocenters. The van der Waals surface area contributed by atoms with E-state index >= 15 is 0 Å². The lowest BCUT2D eigenvalue weighted by atomic mass is 9.95. The number of hydrogen-bond donors (Lipinski definition) is 1. The first kappa shape index (κ1) is 16.7. The van der Waals surface area contributed by atoms with Crippen LogP contribution in [0.25, 0.3) is 0 Å². The fourth-order valence-corrected chi connectivity index (χ4v) is 1.64. The van der Waals surface area contributed by atoms with E-state index in [2.05, 4.69) is 15.3 Å². The second-order valence-electron chi connectivity index (χ2n) is 5.82. The lowest BCUT2D eigenvalue weighted by Gasteiger charge is -2.20. The summed E-state index contributed by atoms with van der Waals surface area (Å²) in [4.78, 5) is 22.2. The third-order valence-corrected chi connectivity index (χ3v) is 3.43. The monoisotopic (exact) mass is 298 g/mol. The van der Waals surface area contributed by atoms with E-state index in [-0.39, 0.29) is 17.9 Å². The minimum absolute atomic E-state index is 0.0129. The molecule has 0 atom stereocenters. The number of halogens is 1. The highest BCUT2D eigenvalue weighted by atomic mass is 35.5. The Balaban J connectivity index is 2.95. The predicted molar refractivity (Wildman–Crippen MR) is 82.3 cm³/mol. The summed E-state index contributed by atoms with van der Waals surface area (Å²) in [6, 6.07) is 0. The number of nitrogens with one attached hydrogen (secondary N) is 1. The Morgan fingerprint density at radius 2 is 1.95 bits per heavy atom. The van der Waals surface area contributed by atoms with E-state index in [1.54, 1.807) is 11.9 Å². The molecule has 0 spiro atoms. The van der Waals surface area contributed by atoms with Crippen molar-refractivity contribution in [3.63, 3.8) is 0 Å². The number of likely N-dealkylation sites (N-methyl/N-ethyl adjacent to an activating group) is 1. The van der Waals surface area contributed by atoms with Gasteiger partial charge in [0.05, 0.1) is 6.54 Å². The lowest BCUT2D eigenvalue weighted by molar-refractivity contribution is -0.127. The zero-order valence-corrected chi connectivity index (χ0v) is 13.8. The van der Waals surface area contributed by atoms with Crippen LogP contribution in [0.2, 0.25) is 5.15 Å². The number of carbonyl (C=O) groups is 1. The summed E-state index contributed by atoms with van der Waals surface area (Å²) in [7, 11) is 1.77. The number of nitrogens with zero attached hydrogens (tertiary/aromatic N) is 3. The van der Waals surface area contributed by atoms with Gasteiger partial charge >= 0.3 is 0 Å². The molecule has 0 saturated carbocycles. The highest BCUT2D eigenvalue weighted by Crippen LogP contribution is 2.25. The van der Waals surface area contributed by atoms with E-state index in [1.165, 1.54) is 0 Å². The molecule has 0 radical (unpaired) electrons. The van der Waals surface area contributed by atoms with Crippen molar-refractivity contribution in [1.29, 1.82) is 0 Å². The molecule has 0 bridgehead atoms. The summed E-state index contributed by atoms with van der Waals surface area (Å²) < 4.78 is 0. The molecule has 112 valence electrons. The molecule has 0 aromatic carbocycles. The first-order chi connectivity index (χ1) is 9.16. The summed E-state index contributed by atoms with van der Waals surface area (Å²) in [5.74, 6) is 1.29. The fourth-order valence-electron chi connectivity index (χ4n) is 1.47. The topological polar surface area (TPSA) is 58.1 Å². The van der Waals surface area contributed by atoms with Gasteiger partial charge in [0.15, 0.2) is 0 Å². The van der Waals surface area contributed by atoms with Crippen LogP contribution in [-0.4, -0.2) is 40.9 Å². The lowest BCUT2D eigenvalue weighted by Crippen LogP contribution is -2.32. The third kappa shape index (κ3) is 4.07. The molecule has 0 fully saturated rings. The molecule has 1 N–H and O–H groups in total. The standard InChI is InChI=1S/C14H23ClN4O/c1-7-19(6)10(20)8-16-12-9(2)11(15)17-13(18-12)14(3,4)5/h7-8H2,1-6H3,(H,16,17,18). The highest BCUT2D eigenvalue weighted by Gasteiger charge is 2.21. The Kier molecular flexibility index (Phi) is 5.34. The zero-order valence-electron chi connectivity index (χ0n) is 13.0. The minimum atomic E-state index is -0.196. The first-order valence-corrected chi connectivity index (χ1v) is 7.07. The minimum Gasteiger partial charge on any atom is -0.361 e. The van der Waals surface area contributed by atoms with Crippen LogP contribution < -0.4 is 5.32 Å². The summed E-state index contributed by atoms with van der Waals surface area (Å²) in [6.45, 7) is 10.7. The molecule has 1 aromatic heterocycles. The van der Waals surface area contributed by atoms with Gasteiger partial charge in [-0.25, -0.2) is 9.97 Å². The van der Waals surface area contributed by atoms with Crippen molar-refractivity contribution in [2.75, 3.05) is 25.5 Å². The van der Waals surface area contributed by atoms with Crippen LogP contribution in [0.3, 0.4) is 0 Å². The number of amides is 1. The van der Waals surface area contributed by atoms with Crippen molar-refractivity contribution in [2.45, 2.75) is 40.0 Å².